The molecule has 0 aliphatic carbocycles. The SMILES string of the molecule is CCCNC(N)=NCc1cc(C)ccc1OC(F)F.I. The van der Waals surface area contributed by atoms with Gasteiger partial charge in [0.2, 0.25) is 0 Å². The van der Waals surface area contributed by atoms with Gasteiger partial charge >= 0.3 is 6.61 Å². The minimum Gasteiger partial charge on any atom is -0.434 e. The van der Waals surface area contributed by atoms with E-state index in [9.17, 15) is 8.78 Å². The highest BCUT2D eigenvalue weighted by Crippen LogP contribution is 2.22. The Labute approximate surface area is 134 Å². The summed E-state index contributed by atoms with van der Waals surface area (Å²) in [6.45, 7) is 1.96. The lowest BCUT2D eigenvalue weighted by molar-refractivity contribution is -0.0504. The third-order valence-corrected chi connectivity index (χ3v) is 2.41. The molecule has 0 aromatic heterocycles. The molecular weight excluding hydrogens is 379 g/mol. The molecule has 1 rings (SSSR count). The first kappa shape index (κ1) is 18.9. The maximum atomic E-state index is 12.3. The molecule has 3 N–H and O–H groups in total. The van der Waals surface area contributed by atoms with Crippen molar-refractivity contribution in [1.29, 1.82) is 0 Å². The molecule has 0 heterocycles. The minimum absolute atomic E-state index is 0. The van der Waals surface area contributed by atoms with E-state index in [1.54, 1.807) is 12.1 Å². The van der Waals surface area contributed by atoms with Gasteiger partial charge in [0.05, 0.1) is 6.54 Å². The molecule has 20 heavy (non-hydrogen) atoms. The second-order valence-corrected chi connectivity index (χ2v) is 4.12. The van der Waals surface area contributed by atoms with Crippen LogP contribution in [0.15, 0.2) is 23.2 Å². The summed E-state index contributed by atoms with van der Waals surface area (Å²) in [4.78, 5) is 4.10. The summed E-state index contributed by atoms with van der Waals surface area (Å²) in [6.07, 6.45) is 0.931. The second kappa shape index (κ2) is 9.73. The van der Waals surface area contributed by atoms with E-state index in [2.05, 4.69) is 15.0 Å². The average Bonchev–Trinajstić information content (AvgIpc) is 2.36. The summed E-state index contributed by atoms with van der Waals surface area (Å²) in [7, 11) is 0. The Morgan fingerprint density at radius 2 is 2.15 bits per heavy atom. The lowest BCUT2D eigenvalue weighted by Gasteiger charge is -2.10. The number of guanidine groups is 1. The molecule has 0 amide bonds. The molecule has 0 aliphatic rings. The molecule has 1 aromatic carbocycles. The first-order valence-corrected chi connectivity index (χ1v) is 6.11. The Kier molecular flexibility index (Phi) is 9.19. The van der Waals surface area contributed by atoms with Crippen LogP contribution in [0, 0.1) is 6.92 Å². The summed E-state index contributed by atoms with van der Waals surface area (Å²) < 4.78 is 29.0. The molecule has 0 spiro atoms. The van der Waals surface area contributed by atoms with Crippen molar-refractivity contribution in [3.8, 4) is 5.75 Å². The zero-order valence-electron chi connectivity index (χ0n) is 11.5. The normalized spacial score (nSPS) is 11.2. The number of nitrogens with two attached hydrogens (primary N) is 1. The molecule has 0 fully saturated rings. The number of ether oxygens (including phenoxy) is 1. The molecule has 0 saturated carbocycles. The van der Waals surface area contributed by atoms with Gasteiger partial charge in [-0.2, -0.15) is 8.78 Å². The van der Waals surface area contributed by atoms with Gasteiger partial charge in [-0.25, -0.2) is 4.99 Å². The lowest BCUT2D eigenvalue weighted by Crippen LogP contribution is -2.32. The first-order valence-electron chi connectivity index (χ1n) is 6.11. The molecule has 7 heteroatoms. The van der Waals surface area contributed by atoms with Gasteiger partial charge in [0.1, 0.15) is 5.75 Å². The Balaban J connectivity index is 0.00000361. The topological polar surface area (TPSA) is 59.6 Å². The molecule has 0 atom stereocenters. The van der Waals surface area contributed by atoms with Gasteiger partial charge in [0.25, 0.3) is 0 Å². The zero-order valence-corrected chi connectivity index (χ0v) is 13.9. The number of aliphatic imine (C=N–C) groups is 1. The fourth-order valence-corrected chi connectivity index (χ4v) is 1.52. The van der Waals surface area contributed by atoms with Crippen LogP contribution in [0.4, 0.5) is 8.78 Å². The molecule has 0 radical (unpaired) electrons. The van der Waals surface area contributed by atoms with Crippen molar-refractivity contribution in [1.82, 2.24) is 5.32 Å². The van der Waals surface area contributed by atoms with Crippen LogP contribution in [0.5, 0.6) is 5.75 Å². The summed E-state index contributed by atoms with van der Waals surface area (Å²) in [5, 5.41) is 2.92. The van der Waals surface area contributed by atoms with Crippen molar-refractivity contribution in [3.63, 3.8) is 0 Å². The number of alkyl halides is 2. The van der Waals surface area contributed by atoms with E-state index >= 15 is 0 Å². The Hall–Kier alpha value is -1.12. The average molecular weight is 399 g/mol. The van der Waals surface area contributed by atoms with Crippen molar-refractivity contribution >= 4 is 29.9 Å². The molecule has 0 saturated heterocycles. The highest BCUT2D eigenvalue weighted by atomic mass is 127. The summed E-state index contributed by atoms with van der Waals surface area (Å²) in [5.41, 5.74) is 7.18. The second-order valence-electron chi connectivity index (χ2n) is 4.12. The van der Waals surface area contributed by atoms with Gasteiger partial charge in [0.15, 0.2) is 5.96 Å². The van der Waals surface area contributed by atoms with Gasteiger partial charge in [-0.3, -0.25) is 0 Å². The number of benzene rings is 1. The van der Waals surface area contributed by atoms with Crippen LogP contribution < -0.4 is 15.8 Å². The number of halogens is 3. The number of nitrogens with one attached hydrogen (secondary N) is 1. The third-order valence-electron chi connectivity index (χ3n) is 2.41. The molecule has 0 bridgehead atoms. The van der Waals surface area contributed by atoms with Gasteiger partial charge in [-0.15, -0.1) is 24.0 Å². The predicted octanol–water partition coefficient (Wildman–Crippen LogP) is 3.03. The minimum atomic E-state index is -2.85. The molecule has 0 unspecified atom stereocenters. The van der Waals surface area contributed by atoms with Crippen molar-refractivity contribution in [2.75, 3.05) is 6.54 Å². The van der Waals surface area contributed by atoms with E-state index in [0.717, 1.165) is 18.5 Å². The largest absolute Gasteiger partial charge is 0.434 e. The fourth-order valence-electron chi connectivity index (χ4n) is 1.52. The van der Waals surface area contributed by atoms with Crippen LogP contribution in [0.1, 0.15) is 24.5 Å². The van der Waals surface area contributed by atoms with Crippen LogP contribution in [0.25, 0.3) is 0 Å². The first-order chi connectivity index (χ1) is 9.02. The van der Waals surface area contributed by atoms with Crippen LogP contribution in [-0.4, -0.2) is 19.1 Å². The van der Waals surface area contributed by atoms with Crippen LogP contribution in [0.3, 0.4) is 0 Å². The van der Waals surface area contributed by atoms with Gasteiger partial charge in [0, 0.05) is 12.1 Å². The quantitative estimate of drug-likeness (QED) is 0.439. The van der Waals surface area contributed by atoms with E-state index in [4.69, 9.17) is 5.73 Å². The highest BCUT2D eigenvalue weighted by Gasteiger charge is 2.09. The molecule has 1 aromatic rings. The summed E-state index contributed by atoms with van der Waals surface area (Å²) in [5.74, 6) is 0.430. The van der Waals surface area contributed by atoms with E-state index in [0.29, 0.717) is 11.5 Å². The van der Waals surface area contributed by atoms with Crippen molar-refractivity contribution in [2.45, 2.75) is 33.4 Å². The summed E-state index contributed by atoms with van der Waals surface area (Å²) in [6, 6.07) is 4.99. The number of hydrogen-bond acceptors (Lipinski definition) is 2. The van der Waals surface area contributed by atoms with Crippen LogP contribution >= 0.6 is 24.0 Å². The Morgan fingerprint density at radius 3 is 2.75 bits per heavy atom. The van der Waals surface area contributed by atoms with E-state index in [1.807, 2.05) is 13.8 Å². The molecule has 0 aliphatic heterocycles. The van der Waals surface area contributed by atoms with E-state index in [-0.39, 0.29) is 36.3 Å². The number of nitrogens with zero attached hydrogens (tertiary/aromatic N) is 1. The standard InChI is InChI=1S/C13H19F2N3O.HI/c1-3-6-17-13(16)18-8-10-7-9(2)4-5-11(10)19-12(14)15;/h4-5,7,12H,3,6,8H2,1-2H3,(H3,16,17,18);1H. The Bertz CT molecular complexity index is 442. The number of hydrogen-bond donors (Lipinski definition) is 2. The monoisotopic (exact) mass is 399 g/mol. The smallest absolute Gasteiger partial charge is 0.387 e. The highest BCUT2D eigenvalue weighted by molar-refractivity contribution is 14.0. The van der Waals surface area contributed by atoms with Gasteiger partial charge in [-0.05, 0) is 19.4 Å². The molecular formula is C13H20F2IN3O. The molecule has 4 nitrogen and oxygen atoms in total. The maximum absolute atomic E-state index is 12.3. The fraction of sp³-hybridized carbons (Fsp3) is 0.462. The summed E-state index contributed by atoms with van der Waals surface area (Å²) >= 11 is 0. The predicted molar refractivity (Wildman–Crippen MR) is 86.8 cm³/mol. The van der Waals surface area contributed by atoms with Gasteiger partial charge < -0.3 is 15.8 Å². The van der Waals surface area contributed by atoms with Crippen molar-refractivity contribution in [2.24, 2.45) is 10.7 Å². The zero-order chi connectivity index (χ0) is 14.3. The third kappa shape index (κ3) is 6.88. The maximum Gasteiger partial charge on any atom is 0.387 e. The lowest BCUT2D eigenvalue weighted by atomic mass is 10.1. The number of aryl methyl sites for hydroxylation is 1. The Morgan fingerprint density at radius 1 is 1.45 bits per heavy atom. The molecule has 114 valence electrons. The van der Waals surface area contributed by atoms with Crippen LogP contribution in [-0.2, 0) is 6.54 Å². The van der Waals surface area contributed by atoms with Crippen molar-refractivity contribution in [3.05, 3.63) is 29.3 Å². The number of rotatable bonds is 6. The van der Waals surface area contributed by atoms with Crippen LogP contribution in [0.2, 0.25) is 0 Å². The van der Waals surface area contributed by atoms with Gasteiger partial charge in [-0.1, -0.05) is 24.6 Å². The van der Waals surface area contributed by atoms with E-state index in [1.165, 1.54) is 6.07 Å². The van der Waals surface area contributed by atoms with Crippen molar-refractivity contribution < 1.29 is 13.5 Å². The van der Waals surface area contributed by atoms with E-state index < -0.39 is 6.61 Å².